The smallest absolute Gasteiger partial charge is 0.348 e. The van der Waals surface area contributed by atoms with E-state index in [1.54, 1.807) is 37.3 Å². The first-order chi connectivity index (χ1) is 13.0. The second-order valence-corrected chi connectivity index (χ2v) is 5.56. The molecule has 0 unspecified atom stereocenters. The van der Waals surface area contributed by atoms with E-state index >= 15 is 0 Å². The van der Waals surface area contributed by atoms with Gasteiger partial charge in [0.1, 0.15) is 11.6 Å². The lowest BCUT2D eigenvalue weighted by Crippen LogP contribution is -2.09. The van der Waals surface area contributed by atoms with E-state index in [1.807, 2.05) is 19.1 Å². The number of ether oxygens (including phenoxy) is 3. The van der Waals surface area contributed by atoms with E-state index in [4.69, 9.17) is 19.5 Å². The first-order valence-electron chi connectivity index (χ1n) is 8.24. The van der Waals surface area contributed by atoms with Gasteiger partial charge in [-0.05, 0) is 49.8 Å². The lowest BCUT2D eigenvalue weighted by molar-refractivity contribution is -0.137. The predicted molar refractivity (Wildman–Crippen MR) is 99.4 cm³/mol. The van der Waals surface area contributed by atoms with Crippen LogP contribution >= 0.6 is 0 Å². The molecule has 0 heterocycles. The van der Waals surface area contributed by atoms with Gasteiger partial charge in [-0.3, -0.25) is 0 Å². The molecule has 0 radical (unpaired) electrons. The van der Waals surface area contributed by atoms with Crippen molar-refractivity contribution in [2.45, 2.75) is 13.8 Å². The fraction of sp³-hybridized carbons (Fsp3) is 0.190. The Labute approximate surface area is 157 Å². The summed E-state index contributed by atoms with van der Waals surface area (Å²) in [6.07, 6.45) is 1.38. The molecule has 0 N–H and O–H groups in total. The molecule has 0 amide bonds. The lowest BCUT2D eigenvalue weighted by atomic mass is 10.1. The minimum absolute atomic E-state index is 0.136. The first-order valence-corrected chi connectivity index (χ1v) is 8.24. The molecular weight excluding hydrogens is 346 g/mol. The molecule has 2 rings (SSSR count). The van der Waals surface area contributed by atoms with Crippen LogP contribution in [-0.2, 0) is 9.53 Å². The highest BCUT2D eigenvalue weighted by molar-refractivity contribution is 5.98. The summed E-state index contributed by atoms with van der Waals surface area (Å²) in [6.45, 7) is 3.76. The summed E-state index contributed by atoms with van der Waals surface area (Å²) in [5.41, 5.74) is 1.85. The number of nitrogens with zero attached hydrogens (tertiary/aromatic N) is 1. The average molecular weight is 365 g/mol. The summed E-state index contributed by atoms with van der Waals surface area (Å²) in [6, 6.07) is 13.5. The van der Waals surface area contributed by atoms with Gasteiger partial charge in [0.15, 0.2) is 11.5 Å². The van der Waals surface area contributed by atoms with E-state index < -0.39 is 11.9 Å². The Hall–Kier alpha value is -3.59. The molecule has 0 atom stereocenters. The van der Waals surface area contributed by atoms with Crippen LogP contribution in [0.2, 0.25) is 0 Å². The first kappa shape index (κ1) is 19.7. The SMILES string of the molecule is CCOC(=O)/C(C#N)=C/c1ccc(OC(=O)c2ccc(C)cc2)c(OC)c1. The average Bonchev–Trinajstić information content (AvgIpc) is 2.67. The van der Waals surface area contributed by atoms with Crippen molar-refractivity contribution >= 4 is 18.0 Å². The molecule has 138 valence electrons. The minimum Gasteiger partial charge on any atom is -0.493 e. The molecule has 0 saturated heterocycles. The largest absolute Gasteiger partial charge is 0.493 e. The number of esters is 2. The number of hydrogen-bond acceptors (Lipinski definition) is 6. The number of carbonyl (C=O) groups excluding carboxylic acids is 2. The van der Waals surface area contributed by atoms with Gasteiger partial charge >= 0.3 is 11.9 Å². The monoisotopic (exact) mass is 365 g/mol. The molecule has 0 aliphatic rings. The van der Waals surface area contributed by atoms with Crippen LogP contribution < -0.4 is 9.47 Å². The number of nitriles is 1. The molecule has 0 spiro atoms. The molecule has 0 aliphatic carbocycles. The molecule has 0 aromatic heterocycles. The molecule has 0 aliphatic heterocycles. The van der Waals surface area contributed by atoms with Crippen LogP contribution in [0, 0.1) is 18.3 Å². The number of methoxy groups -OCH3 is 1. The van der Waals surface area contributed by atoms with Crippen molar-refractivity contribution in [3.8, 4) is 17.6 Å². The van der Waals surface area contributed by atoms with Gasteiger partial charge in [0.05, 0.1) is 19.3 Å². The van der Waals surface area contributed by atoms with E-state index in [9.17, 15) is 9.59 Å². The third-order valence-electron chi connectivity index (χ3n) is 3.60. The van der Waals surface area contributed by atoms with Crippen LogP contribution in [0.4, 0.5) is 0 Å². The van der Waals surface area contributed by atoms with Crippen LogP contribution in [-0.4, -0.2) is 25.7 Å². The van der Waals surface area contributed by atoms with Gasteiger partial charge in [-0.25, -0.2) is 9.59 Å². The van der Waals surface area contributed by atoms with Crippen molar-refractivity contribution in [3.05, 3.63) is 64.7 Å². The number of rotatable bonds is 6. The molecule has 27 heavy (non-hydrogen) atoms. The second kappa shape index (κ2) is 9.20. The van der Waals surface area contributed by atoms with E-state index in [2.05, 4.69) is 0 Å². The van der Waals surface area contributed by atoms with Crippen molar-refractivity contribution in [3.63, 3.8) is 0 Å². The topological polar surface area (TPSA) is 85.6 Å². The third kappa shape index (κ3) is 5.19. The van der Waals surface area contributed by atoms with Crippen molar-refractivity contribution in [2.75, 3.05) is 13.7 Å². The van der Waals surface area contributed by atoms with E-state index in [1.165, 1.54) is 19.3 Å². The standard InChI is InChI=1S/C21H19NO5/c1-4-26-20(23)17(13-22)11-15-7-10-18(19(12-15)25-3)27-21(24)16-8-5-14(2)6-9-16/h5-12H,4H2,1-3H3/b17-11+. The van der Waals surface area contributed by atoms with Gasteiger partial charge in [0.25, 0.3) is 0 Å². The summed E-state index contributed by atoms with van der Waals surface area (Å²) >= 11 is 0. The van der Waals surface area contributed by atoms with Crippen molar-refractivity contribution in [1.29, 1.82) is 5.26 Å². The maximum atomic E-state index is 12.3. The third-order valence-corrected chi connectivity index (χ3v) is 3.60. The van der Waals surface area contributed by atoms with Crippen LogP contribution in [0.1, 0.15) is 28.4 Å². The van der Waals surface area contributed by atoms with Crippen molar-refractivity contribution in [2.24, 2.45) is 0 Å². The summed E-state index contributed by atoms with van der Waals surface area (Å²) in [7, 11) is 1.43. The highest BCUT2D eigenvalue weighted by Crippen LogP contribution is 2.29. The van der Waals surface area contributed by atoms with Gasteiger partial charge in [-0.1, -0.05) is 23.8 Å². The fourth-order valence-corrected chi connectivity index (χ4v) is 2.22. The van der Waals surface area contributed by atoms with Crippen LogP contribution in [0.15, 0.2) is 48.0 Å². The molecule has 0 saturated carbocycles. The number of hydrogen-bond donors (Lipinski definition) is 0. The molecular formula is C21H19NO5. The van der Waals surface area contributed by atoms with Gasteiger partial charge in [-0.2, -0.15) is 5.26 Å². The Morgan fingerprint density at radius 1 is 1.11 bits per heavy atom. The van der Waals surface area contributed by atoms with Gasteiger partial charge < -0.3 is 14.2 Å². The van der Waals surface area contributed by atoms with Gasteiger partial charge in [0, 0.05) is 0 Å². The Morgan fingerprint density at radius 2 is 1.81 bits per heavy atom. The van der Waals surface area contributed by atoms with Gasteiger partial charge in [-0.15, -0.1) is 0 Å². The molecule has 0 bridgehead atoms. The zero-order valence-electron chi connectivity index (χ0n) is 15.3. The Bertz CT molecular complexity index is 907. The summed E-state index contributed by atoms with van der Waals surface area (Å²) in [4.78, 5) is 24.0. The number of carbonyl (C=O) groups is 2. The van der Waals surface area contributed by atoms with Gasteiger partial charge in [0.2, 0.25) is 0 Å². The maximum absolute atomic E-state index is 12.3. The molecule has 2 aromatic carbocycles. The zero-order valence-corrected chi connectivity index (χ0v) is 15.3. The molecule has 6 heteroatoms. The number of benzene rings is 2. The quantitative estimate of drug-likeness (QED) is 0.336. The van der Waals surface area contributed by atoms with E-state index in [0.29, 0.717) is 16.9 Å². The number of aryl methyl sites for hydroxylation is 1. The lowest BCUT2D eigenvalue weighted by Gasteiger charge is -2.10. The minimum atomic E-state index is -0.700. The summed E-state index contributed by atoms with van der Waals surface area (Å²) in [5.74, 6) is -0.685. The highest BCUT2D eigenvalue weighted by Gasteiger charge is 2.14. The molecule has 2 aromatic rings. The normalized spacial score (nSPS) is 10.7. The van der Waals surface area contributed by atoms with Crippen LogP contribution in [0.3, 0.4) is 0 Å². The van der Waals surface area contributed by atoms with E-state index in [0.717, 1.165) is 5.56 Å². The van der Waals surface area contributed by atoms with E-state index in [-0.39, 0.29) is 17.9 Å². The van der Waals surface area contributed by atoms with Crippen molar-refractivity contribution < 1.29 is 23.8 Å². The Balaban J connectivity index is 2.25. The highest BCUT2D eigenvalue weighted by atomic mass is 16.6. The fourth-order valence-electron chi connectivity index (χ4n) is 2.22. The summed E-state index contributed by atoms with van der Waals surface area (Å²) in [5, 5.41) is 9.11. The second-order valence-electron chi connectivity index (χ2n) is 5.56. The van der Waals surface area contributed by atoms with Crippen molar-refractivity contribution in [1.82, 2.24) is 0 Å². The van der Waals surface area contributed by atoms with Crippen LogP contribution in [0.5, 0.6) is 11.5 Å². The Morgan fingerprint density at radius 3 is 2.41 bits per heavy atom. The molecule has 6 nitrogen and oxygen atoms in total. The zero-order chi connectivity index (χ0) is 19.8. The maximum Gasteiger partial charge on any atom is 0.348 e. The van der Waals surface area contributed by atoms with Crippen LogP contribution in [0.25, 0.3) is 6.08 Å². The molecule has 0 fully saturated rings. The Kier molecular flexibility index (Phi) is 6.73. The summed E-state index contributed by atoms with van der Waals surface area (Å²) < 4.78 is 15.5. The predicted octanol–water partition coefficient (Wildman–Crippen LogP) is 3.69.